The number of benzene rings is 1. The van der Waals surface area contributed by atoms with E-state index < -0.39 is 5.82 Å². The lowest BCUT2D eigenvalue weighted by Gasteiger charge is -2.19. The Labute approximate surface area is 144 Å². The molecule has 3 nitrogen and oxygen atoms in total. The highest BCUT2D eigenvalue weighted by atomic mass is 35.5. The first-order chi connectivity index (χ1) is 11.1. The maximum absolute atomic E-state index is 14.3. The van der Waals surface area contributed by atoms with Crippen molar-refractivity contribution in [2.75, 3.05) is 18.1 Å². The lowest BCUT2D eigenvalue weighted by atomic mass is 9.94. The van der Waals surface area contributed by atoms with E-state index in [0.717, 1.165) is 36.8 Å². The molecule has 0 N–H and O–H groups in total. The third kappa shape index (κ3) is 3.24. The van der Waals surface area contributed by atoms with Crippen LogP contribution in [0.1, 0.15) is 25.7 Å². The van der Waals surface area contributed by atoms with Crippen molar-refractivity contribution >= 4 is 34.8 Å². The van der Waals surface area contributed by atoms with Crippen molar-refractivity contribution in [2.45, 2.75) is 25.7 Å². The van der Waals surface area contributed by atoms with Crippen molar-refractivity contribution in [3.8, 4) is 5.75 Å². The maximum atomic E-state index is 14.3. The van der Waals surface area contributed by atoms with E-state index in [2.05, 4.69) is 0 Å². The van der Waals surface area contributed by atoms with Gasteiger partial charge in [-0.1, -0.05) is 23.2 Å². The van der Waals surface area contributed by atoms with Gasteiger partial charge in [-0.25, -0.2) is 4.39 Å². The average molecular weight is 356 g/mol. The zero-order valence-corrected chi connectivity index (χ0v) is 14.0. The largest absolute Gasteiger partial charge is 0.488 e. The SMILES string of the molecule is O=C1C2=C(CCCC2)CN1c1cc(OCC=CCl)c(Cl)cc1F. The van der Waals surface area contributed by atoms with Gasteiger partial charge in [0.1, 0.15) is 18.2 Å². The van der Waals surface area contributed by atoms with Gasteiger partial charge in [-0.15, -0.1) is 0 Å². The minimum absolute atomic E-state index is 0.104. The third-order valence-corrected chi connectivity index (χ3v) is 4.62. The Morgan fingerprint density at radius 2 is 2.09 bits per heavy atom. The lowest BCUT2D eigenvalue weighted by Crippen LogP contribution is -2.27. The Kier molecular flexibility index (Phi) is 4.93. The molecule has 2 aliphatic rings. The number of ether oxygens (including phenoxy) is 1. The maximum Gasteiger partial charge on any atom is 0.254 e. The molecule has 1 amide bonds. The average Bonchev–Trinajstić information content (AvgIpc) is 2.87. The summed E-state index contributed by atoms with van der Waals surface area (Å²) in [7, 11) is 0. The number of anilines is 1. The van der Waals surface area contributed by atoms with Crippen LogP contribution in [0.15, 0.2) is 34.9 Å². The number of halogens is 3. The normalized spacial score (nSPS) is 18.0. The van der Waals surface area contributed by atoms with Crippen molar-refractivity contribution in [3.63, 3.8) is 0 Å². The Balaban J connectivity index is 1.88. The van der Waals surface area contributed by atoms with Crippen molar-refractivity contribution in [3.05, 3.63) is 45.7 Å². The molecule has 0 radical (unpaired) electrons. The highest BCUT2D eigenvalue weighted by Gasteiger charge is 2.34. The Bertz CT molecular complexity index is 700. The molecule has 23 heavy (non-hydrogen) atoms. The fourth-order valence-corrected chi connectivity index (χ4v) is 3.31. The summed E-state index contributed by atoms with van der Waals surface area (Å²) in [5, 5.41) is 0.165. The number of nitrogens with zero attached hydrogens (tertiary/aromatic N) is 1. The van der Waals surface area contributed by atoms with Gasteiger partial charge in [0, 0.05) is 23.7 Å². The summed E-state index contributed by atoms with van der Waals surface area (Å²) in [6.45, 7) is 0.671. The molecule has 0 unspecified atom stereocenters. The molecule has 0 fully saturated rings. The number of carbonyl (C=O) groups is 1. The molecule has 1 aromatic carbocycles. The quantitative estimate of drug-likeness (QED) is 0.774. The van der Waals surface area contributed by atoms with Gasteiger partial charge in [-0.05, 0) is 43.4 Å². The van der Waals surface area contributed by atoms with E-state index >= 15 is 0 Å². The fraction of sp³-hybridized carbons (Fsp3) is 0.353. The van der Waals surface area contributed by atoms with Crippen molar-refractivity contribution in [2.24, 2.45) is 0 Å². The zero-order valence-electron chi connectivity index (χ0n) is 12.4. The molecule has 1 aromatic rings. The van der Waals surface area contributed by atoms with Crippen LogP contribution in [0.5, 0.6) is 5.75 Å². The second kappa shape index (κ2) is 6.93. The van der Waals surface area contributed by atoms with Crippen molar-refractivity contribution in [1.82, 2.24) is 0 Å². The molecule has 0 spiro atoms. The fourth-order valence-electron chi connectivity index (χ4n) is 3.03. The summed E-state index contributed by atoms with van der Waals surface area (Å²) >= 11 is 11.5. The molecule has 6 heteroatoms. The van der Waals surface area contributed by atoms with E-state index in [1.807, 2.05) is 0 Å². The molecule has 0 atom stereocenters. The van der Waals surface area contributed by atoms with Gasteiger partial charge < -0.3 is 9.64 Å². The van der Waals surface area contributed by atoms with Gasteiger partial charge in [0.05, 0.1) is 10.7 Å². The second-order valence-electron chi connectivity index (χ2n) is 5.59. The number of amides is 1. The van der Waals surface area contributed by atoms with E-state index in [9.17, 15) is 9.18 Å². The van der Waals surface area contributed by atoms with Crippen molar-refractivity contribution in [1.29, 1.82) is 0 Å². The van der Waals surface area contributed by atoms with E-state index in [4.69, 9.17) is 27.9 Å². The summed E-state index contributed by atoms with van der Waals surface area (Å²) in [5.74, 6) is -0.300. The minimum Gasteiger partial charge on any atom is -0.488 e. The first-order valence-electron chi connectivity index (χ1n) is 7.51. The van der Waals surface area contributed by atoms with Crippen LogP contribution in [-0.2, 0) is 4.79 Å². The number of carbonyl (C=O) groups excluding carboxylic acids is 1. The zero-order chi connectivity index (χ0) is 16.4. The van der Waals surface area contributed by atoms with Gasteiger partial charge in [-0.2, -0.15) is 0 Å². The Morgan fingerprint density at radius 3 is 2.83 bits per heavy atom. The van der Waals surface area contributed by atoms with E-state index in [0.29, 0.717) is 12.3 Å². The molecule has 0 saturated heterocycles. The van der Waals surface area contributed by atoms with Crippen molar-refractivity contribution < 1.29 is 13.9 Å². The van der Waals surface area contributed by atoms with Crippen LogP contribution in [0.2, 0.25) is 5.02 Å². The predicted molar refractivity (Wildman–Crippen MR) is 89.7 cm³/mol. The van der Waals surface area contributed by atoms with E-state index in [1.165, 1.54) is 22.6 Å². The van der Waals surface area contributed by atoms with Gasteiger partial charge >= 0.3 is 0 Å². The molecule has 0 aromatic heterocycles. The van der Waals surface area contributed by atoms with Gasteiger partial charge in [0.2, 0.25) is 0 Å². The summed E-state index contributed by atoms with van der Waals surface area (Å²) < 4.78 is 19.8. The standard InChI is InChI=1S/C17H16Cl2FNO2/c18-6-3-7-23-16-9-15(14(20)8-13(16)19)21-10-11-4-1-2-5-12(11)17(21)22/h3,6,8-9H,1-2,4-5,7,10H2. The molecule has 0 saturated carbocycles. The van der Waals surface area contributed by atoms with Crippen LogP contribution in [-0.4, -0.2) is 19.1 Å². The van der Waals surface area contributed by atoms with Gasteiger partial charge in [0.25, 0.3) is 5.91 Å². The van der Waals surface area contributed by atoms with E-state index in [-0.39, 0.29) is 23.2 Å². The highest BCUT2D eigenvalue weighted by Crippen LogP contribution is 2.38. The number of hydrogen-bond acceptors (Lipinski definition) is 2. The van der Waals surface area contributed by atoms with Crippen LogP contribution in [0.25, 0.3) is 0 Å². The third-order valence-electron chi connectivity index (χ3n) is 4.15. The molecule has 1 aliphatic carbocycles. The van der Waals surface area contributed by atoms with Crippen LogP contribution in [0.3, 0.4) is 0 Å². The van der Waals surface area contributed by atoms with Crippen LogP contribution >= 0.6 is 23.2 Å². The van der Waals surface area contributed by atoms with Crippen LogP contribution < -0.4 is 9.64 Å². The second-order valence-corrected chi connectivity index (χ2v) is 6.25. The number of rotatable bonds is 4. The summed E-state index contributed by atoms with van der Waals surface area (Å²) in [6, 6.07) is 2.66. The van der Waals surface area contributed by atoms with Gasteiger partial charge in [-0.3, -0.25) is 4.79 Å². The van der Waals surface area contributed by atoms with E-state index in [1.54, 1.807) is 6.08 Å². The first-order valence-corrected chi connectivity index (χ1v) is 8.33. The lowest BCUT2D eigenvalue weighted by molar-refractivity contribution is -0.114. The predicted octanol–water partition coefficient (Wildman–Crippen LogP) is 4.83. The smallest absolute Gasteiger partial charge is 0.254 e. The Morgan fingerprint density at radius 1 is 1.30 bits per heavy atom. The highest BCUT2D eigenvalue weighted by molar-refractivity contribution is 6.32. The topological polar surface area (TPSA) is 29.5 Å². The molecule has 1 aliphatic heterocycles. The molecule has 0 bridgehead atoms. The van der Waals surface area contributed by atoms with Crippen LogP contribution in [0.4, 0.5) is 10.1 Å². The molecule has 122 valence electrons. The molecule has 1 heterocycles. The van der Waals surface area contributed by atoms with Gasteiger partial charge in [0.15, 0.2) is 0 Å². The van der Waals surface area contributed by atoms with Crippen LogP contribution in [0, 0.1) is 5.82 Å². The Hall–Kier alpha value is -1.52. The first kappa shape index (κ1) is 16.3. The monoisotopic (exact) mass is 355 g/mol. The summed E-state index contributed by atoms with van der Waals surface area (Å²) in [5.41, 5.74) is 3.51. The molecule has 3 rings (SSSR count). The number of hydrogen-bond donors (Lipinski definition) is 0. The summed E-state index contributed by atoms with van der Waals surface area (Å²) in [4.78, 5) is 14.0. The molecular weight excluding hydrogens is 340 g/mol. The molecular formula is C17H16Cl2FNO2. The summed E-state index contributed by atoms with van der Waals surface area (Å²) in [6.07, 6.45) is 5.39. The minimum atomic E-state index is -0.525.